The average molecular weight is 223 g/mol. The Morgan fingerprint density at radius 2 is 1.73 bits per heavy atom. The van der Waals surface area contributed by atoms with Gasteiger partial charge in [-0.1, -0.05) is 18.7 Å². The molecule has 0 unspecified atom stereocenters. The third-order valence-electron chi connectivity index (χ3n) is 2.45. The first-order chi connectivity index (χ1) is 6.59. The van der Waals surface area contributed by atoms with Crippen molar-refractivity contribution in [2.24, 2.45) is 5.92 Å². The molecule has 0 spiro atoms. The highest BCUT2D eigenvalue weighted by molar-refractivity contribution is 6.60. The summed E-state index contributed by atoms with van der Waals surface area (Å²) >= 11 is 0. The van der Waals surface area contributed by atoms with Crippen molar-refractivity contribution in [3.8, 4) is 0 Å². The Kier molecular flexibility index (Phi) is 3.07. The molecule has 0 radical (unpaired) electrons. The number of hydrogen-bond donors (Lipinski definition) is 0. The van der Waals surface area contributed by atoms with E-state index in [0.29, 0.717) is 0 Å². The van der Waals surface area contributed by atoms with Crippen molar-refractivity contribution in [3.63, 3.8) is 0 Å². The van der Waals surface area contributed by atoms with Gasteiger partial charge in [0.15, 0.2) is 0 Å². The smallest absolute Gasteiger partial charge is 0.460 e. The van der Waals surface area contributed by atoms with Gasteiger partial charge in [-0.3, -0.25) is 4.79 Å². The summed E-state index contributed by atoms with van der Waals surface area (Å²) in [6.45, 7) is 0.329. The van der Waals surface area contributed by atoms with E-state index in [1.807, 2.05) is 0 Å². The number of ether oxygens (including phenoxy) is 1. The van der Waals surface area contributed by atoms with Gasteiger partial charge in [-0.2, -0.15) is 0 Å². The first-order valence-corrected chi connectivity index (χ1v) is 5.02. The second kappa shape index (κ2) is 3.72. The van der Waals surface area contributed by atoms with Gasteiger partial charge in [0.1, 0.15) is 5.60 Å². The maximum atomic E-state index is 12.2. The number of carbonyl (C=O) groups excluding carboxylic acids is 1. The van der Waals surface area contributed by atoms with E-state index in [-0.39, 0.29) is 12.8 Å². The van der Waals surface area contributed by atoms with Gasteiger partial charge in [-0.15, -0.1) is 0 Å². The highest BCUT2D eigenvalue weighted by Gasteiger charge is 2.46. The van der Waals surface area contributed by atoms with Gasteiger partial charge in [0.25, 0.3) is 0 Å². The minimum Gasteiger partial charge on any atom is -0.460 e. The van der Waals surface area contributed by atoms with Crippen molar-refractivity contribution in [1.29, 1.82) is 0 Å². The summed E-state index contributed by atoms with van der Waals surface area (Å²) in [6, 6.07) is 0. The number of halogens is 3. The molecule has 1 fully saturated rings. The van der Waals surface area contributed by atoms with E-state index in [0.717, 1.165) is 0 Å². The molecule has 0 aliphatic heterocycles. The molecule has 6 heteroatoms. The van der Waals surface area contributed by atoms with Gasteiger partial charge in [0.2, 0.25) is 0 Å². The lowest BCUT2D eigenvalue weighted by Crippen LogP contribution is -2.40. The molecule has 0 N–H and O–H groups in total. The molecule has 1 aliphatic rings. The molecule has 1 aliphatic carbocycles. The zero-order valence-corrected chi connectivity index (χ0v) is 9.10. The third kappa shape index (κ3) is 3.43. The summed E-state index contributed by atoms with van der Waals surface area (Å²) in [5.74, 6) is -2.32. The summed E-state index contributed by atoms with van der Waals surface area (Å²) in [5.41, 5.74) is -0.619. The van der Waals surface area contributed by atoms with E-state index < -0.39 is 30.3 Å². The molecule has 0 amide bonds. The van der Waals surface area contributed by atoms with Crippen molar-refractivity contribution in [2.45, 2.75) is 45.0 Å². The molecule has 0 aromatic carbocycles. The molecule has 1 rings (SSSR count). The maximum Gasteiger partial charge on any atom is 0.481 e. The summed E-state index contributed by atoms with van der Waals surface area (Å²) in [6.07, 6.45) is -0.198. The molecule has 1 saturated carbocycles. The van der Waals surface area contributed by atoms with Crippen LogP contribution in [-0.4, -0.2) is 18.5 Å². The number of hydrogen-bond acceptors (Lipinski definition) is 2. The van der Waals surface area contributed by atoms with E-state index in [2.05, 4.69) is 0 Å². The lowest BCUT2D eigenvalue weighted by Gasteiger charge is -2.40. The molecule has 0 bridgehead atoms. The van der Waals surface area contributed by atoms with Crippen LogP contribution in [-0.2, 0) is 9.53 Å². The fraction of sp³-hybridized carbons (Fsp3) is 0.889. The summed E-state index contributed by atoms with van der Waals surface area (Å²) in [7, 11) is 0. The molecular weight excluding hydrogens is 208 g/mol. The molecule has 0 aromatic rings. The van der Waals surface area contributed by atoms with Gasteiger partial charge in [0, 0.05) is 0 Å². The Labute approximate surface area is 87.2 Å². The molecule has 0 heterocycles. The topological polar surface area (TPSA) is 26.3 Å². The van der Waals surface area contributed by atoms with Gasteiger partial charge in [-0.25, -0.2) is 0 Å². The van der Waals surface area contributed by atoms with Gasteiger partial charge in [0.05, 0.1) is 5.92 Å². The summed E-state index contributed by atoms with van der Waals surface area (Å²) < 4.78 is 41.6. The molecule has 0 aromatic heterocycles. The fourth-order valence-electron chi connectivity index (χ4n) is 1.55. The number of carbonyl (C=O) groups is 1. The molecule has 15 heavy (non-hydrogen) atoms. The minimum absolute atomic E-state index is 0.0988. The van der Waals surface area contributed by atoms with Crippen molar-refractivity contribution in [3.05, 3.63) is 0 Å². The van der Waals surface area contributed by atoms with Crippen LogP contribution in [0.2, 0.25) is 5.82 Å². The Morgan fingerprint density at radius 1 is 1.27 bits per heavy atom. The fourth-order valence-corrected chi connectivity index (χ4v) is 1.55. The van der Waals surface area contributed by atoms with E-state index in [4.69, 9.17) is 4.74 Å². The minimum atomic E-state index is -4.78. The molecule has 2 nitrogen and oxygen atoms in total. The van der Waals surface area contributed by atoms with Crippen molar-refractivity contribution < 1.29 is 22.5 Å². The summed E-state index contributed by atoms with van der Waals surface area (Å²) in [5, 5.41) is 0. The van der Waals surface area contributed by atoms with Crippen LogP contribution in [0.15, 0.2) is 0 Å². The monoisotopic (exact) mass is 223 g/mol. The quantitative estimate of drug-likeness (QED) is 0.531. The van der Waals surface area contributed by atoms with Crippen molar-refractivity contribution >= 4 is 12.9 Å². The first kappa shape index (κ1) is 12.4. The third-order valence-corrected chi connectivity index (χ3v) is 2.45. The van der Waals surface area contributed by atoms with Crippen LogP contribution in [0, 0.1) is 5.92 Å². The lowest BCUT2D eigenvalue weighted by atomic mass is 9.56. The van der Waals surface area contributed by atoms with E-state index >= 15 is 0 Å². The zero-order valence-electron chi connectivity index (χ0n) is 9.10. The van der Waals surface area contributed by atoms with E-state index in [1.54, 1.807) is 20.8 Å². The predicted molar refractivity (Wildman–Crippen MR) is 51.4 cm³/mol. The van der Waals surface area contributed by atoms with Crippen LogP contribution in [0.3, 0.4) is 0 Å². The molecule has 0 atom stereocenters. The summed E-state index contributed by atoms with van der Waals surface area (Å²) in [4.78, 5) is 11.3. The highest BCUT2D eigenvalue weighted by Crippen LogP contribution is 2.47. The molecule has 0 saturated heterocycles. The Morgan fingerprint density at radius 3 is 2.07 bits per heavy atom. The number of rotatable bonds is 2. The second-order valence-electron chi connectivity index (χ2n) is 5.09. The molecule has 88 valence electrons. The Balaban J connectivity index is 2.37. The van der Waals surface area contributed by atoms with Gasteiger partial charge < -0.3 is 17.7 Å². The Hall–Kier alpha value is -0.675. The largest absolute Gasteiger partial charge is 0.481 e. The normalized spacial score (nSPS) is 27.1. The SMILES string of the molecule is CC(C)(C)OC(=O)C1CC([B-](F)(F)F)C1. The van der Waals surface area contributed by atoms with Crippen LogP contribution in [0.25, 0.3) is 0 Å². The van der Waals surface area contributed by atoms with Crippen LogP contribution in [0.5, 0.6) is 0 Å². The zero-order chi connectivity index (χ0) is 11.9. The van der Waals surface area contributed by atoms with Crippen molar-refractivity contribution in [1.82, 2.24) is 0 Å². The highest BCUT2D eigenvalue weighted by atomic mass is 19.4. The number of esters is 1. The van der Waals surface area contributed by atoms with E-state index in [1.165, 1.54) is 0 Å². The van der Waals surface area contributed by atoms with Crippen LogP contribution in [0.1, 0.15) is 33.6 Å². The first-order valence-electron chi connectivity index (χ1n) is 5.02. The van der Waals surface area contributed by atoms with Crippen LogP contribution >= 0.6 is 0 Å². The predicted octanol–water partition coefficient (Wildman–Crippen LogP) is 2.96. The van der Waals surface area contributed by atoms with Gasteiger partial charge in [-0.05, 0) is 20.8 Å². The molecular formula is C9H15BF3O2-. The van der Waals surface area contributed by atoms with Gasteiger partial charge >= 0.3 is 12.9 Å². The maximum absolute atomic E-state index is 12.2. The standard InChI is InChI=1S/C9H15BF3O2/c1-9(2,3)15-8(14)6-4-7(5-6)10(11,12)13/h6-7H,4-5H2,1-3H3/q-1. The Bertz CT molecular complexity index is 251. The second-order valence-corrected chi connectivity index (χ2v) is 5.09. The van der Waals surface area contributed by atoms with Crippen LogP contribution < -0.4 is 0 Å². The van der Waals surface area contributed by atoms with E-state index in [9.17, 15) is 17.7 Å². The van der Waals surface area contributed by atoms with Crippen molar-refractivity contribution in [2.75, 3.05) is 0 Å². The van der Waals surface area contributed by atoms with Crippen LogP contribution in [0.4, 0.5) is 12.9 Å². The average Bonchev–Trinajstić information content (AvgIpc) is 1.72. The lowest BCUT2D eigenvalue weighted by molar-refractivity contribution is -0.163.